The minimum absolute atomic E-state index is 0.103. The highest BCUT2D eigenvalue weighted by molar-refractivity contribution is 6.31. The number of likely N-dealkylation sites (tertiary alicyclic amines) is 1. The molecule has 1 N–H and O–H groups in total. The zero-order chi connectivity index (χ0) is 24.6. The Hall–Kier alpha value is -2.52. The van der Waals surface area contributed by atoms with Gasteiger partial charge in [-0.3, -0.25) is 9.59 Å². The summed E-state index contributed by atoms with van der Waals surface area (Å²) < 4.78 is 46.6. The van der Waals surface area contributed by atoms with Crippen molar-refractivity contribution in [1.82, 2.24) is 14.8 Å². The minimum atomic E-state index is -4.55. The number of fused-ring (bicyclic) bond motifs is 1. The van der Waals surface area contributed by atoms with Gasteiger partial charge < -0.3 is 19.5 Å². The molecule has 1 aromatic carbocycles. The van der Waals surface area contributed by atoms with Crippen LogP contribution in [0.3, 0.4) is 0 Å². The number of halogens is 4. The van der Waals surface area contributed by atoms with Crippen LogP contribution in [0, 0.1) is 0 Å². The number of rotatable bonds is 5. The molecule has 4 rings (SSSR count). The van der Waals surface area contributed by atoms with E-state index in [0.29, 0.717) is 48.6 Å². The predicted molar refractivity (Wildman–Crippen MR) is 121 cm³/mol. The van der Waals surface area contributed by atoms with Crippen molar-refractivity contribution in [3.05, 3.63) is 57.4 Å². The summed E-state index contributed by atoms with van der Waals surface area (Å²) in [6.45, 7) is 5.64. The second-order valence-electron chi connectivity index (χ2n) is 8.76. The SMILES string of the molecule is CC[C@@H](NC(=O)c1cc(C(=O)N2CCCC2C)n2c1COCC2)c1ccc(C(F)(F)F)c(Cl)c1. The van der Waals surface area contributed by atoms with E-state index in [9.17, 15) is 22.8 Å². The Bertz CT molecular complexity index is 1100. The zero-order valence-corrected chi connectivity index (χ0v) is 19.8. The van der Waals surface area contributed by atoms with Crippen LogP contribution in [0.25, 0.3) is 0 Å². The molecule has 1 unspecified atom stereocenters. The normalized spacial score (nSPS) is 19.1. The fourth-order valence-corrected chi connectivity index (χ4v) is 5.01. The van der Waals surface area contributed by atoms with Crippen LogP contribution in [-0.4, -0.2) is 40.5 Å². The maximum atomic E-state index is 13.3. The Morgan fingerprint density at radius 2 is 2.03 bits per heavy atom. The van der Waals surface area contributed by atoms with E-state index in [1.54, 1.807) is 6.07 Å². The Balaban J connectivity index is 1.61. The molecular formula is C24H27ClF3N3O3. The van der Waals surface area contributed by atoms with Gasteiger partial charge in [-0.05, 0) is 49.9 Å². The highest BCUT2D eigenvalue weighted by Crippen LogP contribution is 2.36. The number of carbonyl (C=O) groups excluding carboxylic acids is 2. The van der Waals surface area contributed by atoms with Crippen LogP contribution < -0.4 is 5.32 Å². The number of carbonyl (C=O) groups is 2. The van der Waals surface area contributed by atoms with Crippen molar-refractivity contribution in [2.24, 2.45) is 0 Å². The average molecular weight is 498 g/mol. The van der Waals surface area contributed by atoms with Gasteiger partial charge in [0, 0.05) is 19.1 Å². The van der Waals surface area contributed by atoms with Crippen molar-refractivity contribution in [2.45, 2.75) is 64.5 Å². The van der Waals surface area contributed by atoms with Gasteiger partial charge in [-0.2, -0.15) is 13.2 Å². The summed E-state index contributed by atoms with van der Waals surface area (Å²) in [5, 5.41) is 2.48. The van der Waals surface area contributed by atoms with Crippen LogP contribution in [-0.2, 0) is 24.1 Å². The second-order valence-corrected chi connectivity index (χ2v) is 9.16. The van der Waals surface area contributed by atoms with Gasteiger partial charge >= 0.3 is 6.18 Å². The first-order valence-electron chi connectivity index (χ1n) is 11.4. The van der Waals surface area contributed by atoms with E-state index in [-0.39, 0.29) is 18.6 Å². The molecule has 6 nitrogen and oxygen atoms in total. The lowest BCUT2D eigenvalue weighted by molar-refractivity contribution is -0.137. The maximum absolute atomic E-state index is 13.3. The smallest absolute Gasteiger partial charge is 0.373 e. The number of hydrogen-bond donors (Lipinski definition) is 1. The van der Waals surface area contributed by atoms with E-state index in [1.165, 1.54) is 12.1 Å². The molecule has 34 heavy (non-hydrogen) atoms. The largest absolute Gasteiger partial charge is 0.417 e. The van der Waals surface area contributed by atoms with Crippen molar-refractivity contribution in [3.8, 4) is 0 Å². The van der Waals surface area contributed by atoms with Crippen LogP contribution in [0.1, 0.15) is 76.8 Å². The van der Waals surface area contributed by atoms with Crippen molar-refractivity contribution >= 4 is 23.4 Å². The lowest BCUT2D eigenvalue weighted by Crippen LogP contribution is -2.35. The molecule has 10 heteroatoms. The van der Waals surface area contributed by atoms with E-state index < -0.39 is 28.7 Å². The van der Waals surface area contributed by atoms with Gasteiger partial charge in [0.1, 0.15) is 5.69 Å². The number of hydrogen-bond acceptors (Lipinski definition) is 3. The highest BCUT2D eigenvalue weighted by atomic mass is 35.5. The van der Waals surface area contributed by atoms with Gasteiger partial charge in [-0.15, -0.1) is 0 Å². The molecule has 0 radical (unpaired) electrons. The Morgan fingerprint density at radius 3 is 2.65 bits per heavy atom. The molecule has 1 saturated heterocycles. The van der Waals surface area contributed by atoms with Crippen molar-refractivity contribution in [2.75, 3.05) is 13.2 Å². The highest BCUT2D eigenvalue weighted by Gasteiger charge is 2.34. The number of nitrogens with one attached hydrogen (secondary N) is 1. The average Bonchev–Trinajstić information content (AvgIpc) is 3.39. The zero-order valence-electron chi connectivity index (χ0n) is 19.0. The molecule has 184 valence electrons. The van der Waals surface area contributed by atoms with E-state index >= 15 is 0 Å². The molecule has 1 aromatic heterocycles. The molecule has 0 spiro atoms. The topological polar surface area (TPSA) is 63.6 Å². The monoisotopic (exact) mass is 497 g/mol. The molecule has 2 aliphatic heterocycles. The van der Waals surface area contributed by atoms with Crippen LogP contribution in [0.4, 0.5) is 13.2 Å². The van der Waals surface area contributed by atoms with Crippen LogP contribution in [0.15, 0.2) is 24.3 Å². The van der Waals surface area contributed by atoms with Gasteiger partial charge in [0.2, 0.25) is 0 Å². The summed E-state index contributed by atoms with van der Waals surface area (Å²) in [5.41, 5.74) is 0.978. The summed E-state index contributed by atoms with van der Waals surface area (Å²) in [7, 11) is 0. The molecule has 2 amide bonds. The number of nitrogens with zero attached hydrogens (tertiary/aromatic N) is 2. The van der Waals surface area contributed by atoms with Crippen LogP contribution in [0.2, 0.25) is 5.02 Å². The van der Waals surface area contributed by atoms with E-state index in [1.807, 2.05) is 23.3 Å². The number of alkyl halides is 3. The fourth-order valence-electron chi connectivity index (χ4n) is 4.72. The van der Waals surface area contributed by atoms with Gasteiger partial charge in [0.25, 0.3) is 11.8 Å². The number of ether oxygens (including phenoxy) is 1. The van der Waals surface area contributed by atoms with Crippen LogP contribution in [0.5, 0.6) is 0 Å². The van der Waals surface area contributed by atoms with Crippen molar-refractivity contribution in [1.29, 1.82) is 0 Å². The van der Waals surface area contributed by atoms with Gasteiger partial charge in [0.05, 0.1) is 41.1 Å². The molecule has 0 aliphatic carbocycles. The molecule has 2 atom stereocenters. The van der Waals surface area contributed by atoms with E-state index in [4.69, 9.17) is 16.3 Å². The third kappa shape index (κ3) is 4.68. The molecule has 0 bridgehead atoms. The van der Waals surface area contributed by atoms with Gasteiger partial charge in [0.15, 0.2) is 0 Å². The van der Waals surface area contributed by atoms with E-state index in [2.05, 4.69) is 5.32 Å². The summed E-state index contributed by atoms with van der Waals surface area (Å²) in [5.74, 6) is -0.514. The Morgan fingerprint density at radius 1 is 1.26 bits per heavy atom. The lowest BCUT2D eigenvalue weighted by atomic mass is 10.0. The Labute approximate surface area is 201 Å². The van der Waals surface area contributed by atoms with Gasteiger partial charge in [-0.1, -0.05) is 24.6 Å². The number of amides is 2. The number of aromatic nitrogens is 1. The minimum Gasteiger partial charge on any atom is -0.373 e. The van der Waals surface area contributed by atoms with Crippen LogP contribution >= 0.6 is 11.6 Å². The lowest BCUT2D eigenvalue weighted by Gasteiger charge is -2.24. The second kappa shape index (κ2) is 9.62. The standard InChI is InChI=1S/C24H27ClF3N3O3/c1-3-19(15-6-7-17(18(25)11-15)24(26,27)28)29-22(32)16-12-20(31-9-10-34-13-21(16)31)23(33)30-8-4-5-14(30)2/h6-7,11-12,14,19H,3-5,8-10,13H2,1-2H3,(H,29,32)/t14?,19-/m1/s1. The van der Waals surface area contributed by atoms with Gasteiger partial charge in [-0.25, -0.2) is 0 Å². The third-order valence-corrected chi connectivity index (χ3v) is 6.91. The molecule has 1 fully saturated rings. The summed E-state index contributed by atoms with van der Waals surface area (Å²) in [4.78, 5) is 28.3. The fraction of sp³-hybridized carbons (Fsp3) is 0.500. The molecular weight excluding hydrogens is 471 g/mol. The predicted octanol–water partition coefficient (Wildman–Crippen LogP) is 5.20. The first-order chi connectivity index (χ1) is 16.1. The molecule has 0 saturated carbocycles. The third-order valence-electron chi connectivity index (χ3n) is 6.60. The molecule has 2 aromatic rings. The first-order valence-corrected chi connectivity index (χ1v) is 11.8. The molecule has 3 heterocycles. The summed E-state index contributed by atoms with van der Waals surface area (Å²) in [6.07, 6.45) is -2.21. The Kier molecular flexibility index (Phi) is 6.96. The summed E-state index contributed by atoms with van der Waals surface area (Å²) in [6, 6.07) is 4.69. The van der Waals surface area contributed by atoms with Crippen molar-refractivity contribution in [3.63, 3.8) is 0 Å². The quantitative estimate of drug-likeness (QED) is 0.618. The molecule has 2 aliphatic rings. The summed E-state index contributed by atoms with van der Waals surface area (Å²) >= 11 is 5.88. The number of benzene rings is 1. The van der Waals surface area contributed by atoms with Crippen molar-refractivity contribution < 1.29 is 27.5 Å². The van der Waals surface area contributed by atoms with E-state index in [0.717, 1.165) is 18.9 Å². The maximum Gasteiger partial charge on any atom is 0.417 e. The first kappa shape index (κ1) is 24.6.